The quantitative estimate of drug-likeness (QED) is 0.925. The van der Waals surface area contributed by atoms with E-state index in [1.807, 2.05) is 49.2 Å². The van der Waals surface area contributed by atoms with E-state index in [1.54, 1.807) is 6.33 Å². The molecule has 1 saturated heterocycles. The third-order valence-electron chi connectivity index (χ3n) is 4.16. The zero-order valence-corrected chi connectivity index (χ0v) is 14.6. The summed E-state index contributed by atoms with van der Waals surface area (Å²) < 4.78 is 5.56. The Balaban J connectivity index is 1.60. The molecule has 3 rings (SSSR count). The molecule has 1 aromatic carbocycles. The number of piperazine rings is 1. The molecule has 1 aliphatic heterocycles. The second-order valence-electron chi connectivity index (χ2n) is 5.86. The summed E-state index contributed by atoms with van der Waals surface area (Å²) in [6.45, 7) is 7.27. The molecule has 0 atom stereocenters. The molecule has 2 aromatic rings. The summed E-state index contributed by atoms with van der Waals surface area (Å²) in [7, 11) is 0. The molecule has 0 spiro atoms. The molecule has 2 heterocycles. The molecule has 0 bridgehead atoms. The number of ether oxygens (including phenoxy) is 1. The van der Waals surface area contributed by atoms with Gasteiger partial charge in [-0.3, -0.25) is 0 Å². The van der Waals surface area contributed by atoms with E-state index >= 15 is 0 Å². The summed E-state index contributed by atoms with van der Waals surface area (Å²) in [5, 5.41) is 2.95. The lowest BCUT2D eigenvalue weighted by molar-refractivity contribution is 0.208. The number of urea groups is 1. The Kier molecular flexibility index (Phi) is 5.33. The van der Waals surface area contributed by atoms with Crippen LogP contribution in [-0.4, -0.2) is 53.7 Å². The number of nitrogens with zero attached hydrogens (tertiary/aromatic N) is 4. The van der Waals surface area contributed by atoms with Crippen LogP contribution in [0.25, 0.3) is 0 Å². The third kappa shape index (κ3) is 3.99. The number of benzene rings is 1. The zero-order valence-electron chi connectivity index (χ0n) is 14.6. The smallest absolute Gasteiger partial charge is 0.322 e. The van der Waals surface area contributed by atoms with Gasteiger partial charge < -0.3 is 19.9 Å². The molecular formula is C18H23N5O2. The summed E-state index contributed by atoms with van der Waals surface area (Å²) in [6, 6.07) is 7.38. The number of amides is 2. The van der Waals surface area contributed by atoms with Gasteiger partial charge in [-0.25, -0.2) is 14.8 Å². The highest BCUT2D eigenvalue weighted by Gasteiger charge is 2.23. The number of rotatable bonds is 4. The first-order valence-electron chi connectivity index (χ1n) is 8.48. The Morgan fingerprint density at radius 3 is 2.72 bits per heavy atom. The van der Waals surface area contributed by atoms with Crippen molar-refractivity contribution < 1.29 is 9.53 Å². The molecule has 132 valence electrons. The van der Waals surface area contributed by atoms with Gasteiger partial charge in [-0.05, 0) is 26.0 Å². The highest BCUT2D eigenvalue weighted by atomic mass is 16.5. The number of hydrogen-bond acceptors (Lipinski definition) is 5. The van der Waals surface area contributed by atoms with Crippen molar-refractivity contribution in [3.8, 4) is 5.75 Å². The number of carbonyl (C=O) groups excluding carboxylic acids is 1. The molecule has 1 N–H and O–H groups in total. The van der Waals surface area contributed by atoms with Crippen LogP contribution in [0, 0.1) is 6.92 Å². The summed E-state index contributed by atoms with van der Waals surface area (Å²) in [4.78, 5) is 24.9. The fourth-order valence-corrected chi connectivity index (χ4v) is 2.89. The van der Waals surface area contributed by atoms with Crippen LogP contribution in [0.5, 0.6) is 5.75 Å². The first kappa shape index (κ1) is 17.0. The molecule has 2 amide bonds. The summed E-state index contributed by atoms with van der Waals surface area (Å²) >= 11 is 0. The van der Waals surface area contributed by atoms with Gasteiger partial charge in [0, 0.05) is 37.9 Å². The number of anilines is 2. The van der Waals surface area contributed by atoms with E-state index in [4.69, 9.17) is 4.74 Å². The largest absolute Gasteiger partial charge is 0.492 e. The molecule has 1 aromatic heterocycles. The van der Waals surface area contributed by atoms with Gasteiger partial charge in [-0.2, -0.15) is 0 Å². The maximum atomic E-state index is 12.5. The lowest BCUT2D eigenvalue weighted by Gasteiger charge is -2.35. The van der Waals surface area contributed by atoms with Crippen LogP contribution >= 0.6 is 0 Å². The van der Waals surface area contributed by atoms with E-state index in [0.29, 0.717) is 31.1 Å². The Bertz CT molecular complexity index is 729. The Morgan fingerprint density at radius 2 is 2.00 bits per heavy atom. The van der Waals surface area contributed by atoms with Crippen molar-refractivity contribution in [3.63, 3.8) is 0 Å². The molecule has 7 heteroatoms. The minimum Gasteiger partial charge on any atom is -0.492 e. The van der Waals surface area contributed by atoms with Crippen LogP contribution in [0.2, 0.25) is 0 Å². The van der Waals surface area contributed by atoms with Crippen LogP contribution in [0.3, 0.4) is 0 Å². The average molecular weight is 341 g/mol. The Morgan fingerprint density at radius 1 is 1.24 bits per heavy atom. The van der Waals surface area contributed by atoms with Crippen LogP contribution in [-0.2, 0) is 0 Å². The van der Waals surface area contributed by atoms with Gasteiger partial charge in [0.25, 0.3) is 0 Å². The van der Waals surface area contributed by atoms with Crippen LogP contribution in [0.4, 0.5) is 16.3 Å². The fourth-order valence-electron chi connectivity index (χ4n) is 2.89. The molecular weight excluding hydrogens is 318 g/mol. The standard InChI is InChI=1S/C18H23N5O2/c1-3-25-16-7-5-4-6-15(16)21-18(24)23-10-8-22(9-11-23)17-14(2)12-19-13-20-17/h4-7,12-13H,3,8-11H2,1-2H3,(H,21,24). The second kappa shape index (κ2) is 7.83. The lowest BCUT2D eigenvalue weighted by atomic mass is 10.2. The van der Waals surface area contributed by atoms with Crippen molar-refractivity contribution in [3.05, 3.63) is 42.4 Å². The SMILES string of the molecule is CCOc1ccccc1NC(=O)N1CCN(c2ncncc2C)CC1. The number of carbonyl (C=O) groups is 1. The van der Waals surface area contributed by atoms with E-state index in [-0.39, 0.29) is 6.03 Å². The number of aryl methyl sites for hydroxylation is 1. The van der Waals surface area contributed by atoms with Crippen molar-refractivity contribution in [1.29, 1.82) is 0 Å². The van der Waals surface area contributed by atoms with Crippen LogP contribution < -0.4 is 15.0 Å². The topological polar surface area (TPSA) is 70.6 Å². The van der Waals surface area contributed by atoms with Gasteiger partial charge in [0.2, 0.25) is 0 Å². The van der Waals surface area contributed by atoms with Gasteiger partial charge in [-0.1, -0.05) is 12.1 Å². The zero-order chi connectivity index (χ0) is 17.6. The van der Waals surface area contributed by atoms with Crippen LogP contribution in [0.15, 0.2) is 36.8 Å². The maximum Gasteiger partial charge on any atom is 0.322 e. The molecule has 1 fully saturated rings. The van der Waals surface area contributed by atoms with Gasteiger partial charge in [-0.15, -0.1) is 0 Å². The molecule has 0 unspecified atom stereocenters. The first-order chi connectivity index (χ1) is 12.2. The number of hydrogen-bond donors (Lipinski definition) is 1. The monoisotopic (exact) mass is 341 g/mol. The highest BCUT2D eigenvalue weighted by molar-refractivity contribution is 5.91. The molecule has 25 heavy (non-hydrogen) atoms. The van der Waals surface area contributed by atoms with E-state index in [2.05, 4.69) is 20.2 Å². The van der Waals surface area contributed by atoms with Gasteiger partial charge in [0.15, 0.2) is 0 Å². The molecule has 1 aliphatic rings. The third-order valence-corrected chi connectivity index (χ3v) is 4.16. The normalized spacial score (nSPS) is 14.3. The van der Waals surface area contributed by atoms with Crippen LogP contribution in [0.1, 0.15) is 12.5 Å². The fraction of sp³-hybridized carbons (Fsp3) is 0.389. The van der Waals surface area contributed by atoms with E-state index in [1.165, 1.54) is 0 Å². The minimum atomic E-state index is -0.105. The minimum absolute atomic E-state index is 0.105. The second-order valence-corrected chi connectivity index (χ2v) is 5.86. The number of nitrogens with one attached hydrogen (secondary N) is 1. The van der Waals surface area contributed by atoms with Crippen molar-refractivity contribution in [2.24, 2.45) is 0 Å². The predicted octanol–water partition coefficient (Wildman–Crippen LogP) is 2.54. The van der Waals surface area contributed by atoms with Crippen molar-refractivity contribution >= 4 is 17.5 Å². The van der Waals surface area contributed by atoms with Gasteiger partial charge in [0.1, 0.15) is 17.9 Å². The molecule has 0 saturated carbocycles. The summed E-state index contributed by atoms with van der Waals surface area (Å²) in [6.07, 6.45) is 3.37. The van der Waals surface area contributed by atoms with E-state index in [0.717, 1.165) is 24.5 Å². The van der Waals surface area contributed by atoms with Crippen molar-refractivity contribution in [2.75, 3.05) is 43.0 Å². The van der Waals surface area contributed by atoms with Gasteiger partial charge in [0.05, 0.1) is 12.3 Å². The lowest BCUT2D eigenvalue weighted by Crippen LogP contribution is -2.50. The molecule has 7 nitrogen and oxygen atoms in total. The first-order valence-corrected chi connectivity index (χ1v) is 8.48. The summed E-state index contributed by atoms with van der Waals surface area (Å²) in [5.74, 6) is 1.63. The Hall–Kier alpha value is -2.83. The summed E-state index contributed by atoms with van der Waals surface area (Å²) in [5.41, 5.74) is 1.74. The van der Waals surface area contributed by atoms with Gasteiger partial charge >= 0.3 is 6.03 Å². The number of para-hydroxylation sites is 2. The van der Waals surface area contributed by atoms with E-state index in [9.17, 15) is 4.79 Å². The molecule has 0 radical (unpaired) electrons. The maximum absolute atomic E-state index is 12.5. The number of aromatic nitrogens is 2. The Labute approximate surface area is 147 Å². The van der Waals surface area contributed by atoms with Crippen molar-refractivity contribution in [2.45, 2.75) is 13.8 Å². The van der Waals surface area contributed by atoms with E-state index < -0.39 is 0 Å². The molecule has 0 aliphatic carbocycles. The highest BCUT2D eigenvalue weighted by Crippen LogP contribution is 2.24. The average Bonchev–Trinajstić information content (AvgIpc) is 2.64. The predicted molar refractivity (Wildman–Crippen MR) is 97.2 cm³/mol. The van der Waals surface area contributed by atoms with Crippen molar-refractivity contribution in [1.82, 2.24) is 14.9 Å².